The largest absolute Gasteiger partial charge is 0.496 e. The van der Waals surface area contributed by atoms with Crippen LogP contribution in [0.3, 0.4) is 0 Å². The van der Waals surface area contributed by atoms with Crippen molar-refractivity contribution in [3.63, 3.8) is 0 Å². The fourth-order valence-corrected chi connectivity index (χ4v) is 3.24. The second-order valence-corrected chi connectivity index (χ2v) is 6.31. The maximum Gasteiger partial charge on any atom is 0.232 e. The second kappa shape index (κ2) is 7.00. The number of carbonyl (C=O) groups excluding carboxylic acids is 1. The van der Waals surface area contributed by atoms with Gasteiger partial charge in [-0.25, -0.2) is 0 Å². The van der Waals surface area contributed by atoms with E-state index in [1.54, 1.807) is 7.11 Å². The molecular formula is C20H19N3O3. The van der Waals surface area contributed by atoms with Gasteiger partial charge in [0.05, 0.1) is 13.0 Å². The quantitative estimate of drug-likeness (QED) is 0.707. The molecule has 0 aliphatic carbocycles. The molecule has 0 spiro atoms. The number of carbonyl (C=O) groups is 1. The van der Waals surface area contributed by atoms with Crippen molar-refractivity contribution < 1.29 is 14.1 Å². The van der Waals surface area contributed by atoms with Crippen LogP contribution in [0.15, 0.2) is 59.1 Å². The Balaban J connectivity index is 1.49. The van der Waals surface area contributed by atoms with E-state index < -0.39 is 0 Å². The molecule has 0 bridgehead atoms. The first kappa shape index (κ1) is 16.3. The zero-order valence-corrected chi connectivity index (χ0v) is 14.5. The molecule has 1 fully saturated rings. The predicted octanol–water partition coefficient (Wildman–Crippen LogP) is 3.26. The van der Waals surface area contributed by atoms with Crippen molar-refractivity contribution in [2.45, 2.75) is 18.9 Å². The number of hydrogen-bond donors (Lipinski definition) is 0. The van der Waals surface area contributed by atoms with E-state index in [2.05, 4.69) is 10.1 Å². The molecule has 6 heteroatoms. The Kier molecular flexibility index (Phi) is 4.39. The number of para-hydroxylation sites is 1. The van der Waals surface area contributed by atoms with E-state index in [0.717, 1.165) is 16.9 Å². The second-order valence-electron chi connectivity index (χ2n) is 6.31. The van der Waals surface area contributed by atoms with Crippen LogP contribution in [0.4, 0.5) is 0 Å². The molecule has 0 saturated carbocycles. The first-order chi connectivity index (χ1) is 12.7. The third kappa shape index (κ3) is 3.18. The molecule has 1 aromatic heterocycles. The van der Waals surface area contributed by atoms with E-state index in [1.165, 1.54) is 0 Å². The molecule has 1 unspecified atom stereocenters. The van der Waals surface area contributed by atoms with Crippen LogP contribution < -0.4 is 4.74 Å². The van der Waals surface area contributed by atoms with Gasteiger partial charge >= 0.3 is 0 Å². The van der Waals surface area contributed by atoms with Crippen molar-refractivity contribution in [1.82, 2.24) is 15.0 Å². The fourth-order valence-electron chi connectivity index (χ4n) is 3.24. The van der Waals surface area contributed by atoms with Crippen molar-refractivity contribution >= 4 is 5.91 Å². The highest BCUT2D eigenvalue weighted by Crippen LogP contribution is 2.31. The number of benzene rings is 2. The molecule has 2 heterocycles. The van der Waals surface area contributed by atoms with Gasteiger partial charge in [-0.15, -0.1) is 0 Å². The van der Waals surface area contributed by atoms with Crippen LogP contribution in [0.2, 0.25) is 0 Å². The van der Waals surface area contributed by atoms with Gasteiger partial charge < -0.3 is 14.2 Å². The van der Waals surface area contributed by atoms with Crippen molar-refractivity contribution in [1.29, 1.82) is 0 Å². The van der Waals surface area contributed by atoms with Gasteiger partial charge in [0.15, 0.2) is 0 Å². The smallest absolute Gasteiger partial charge is 0.232 e. The Labute approximate surface area is 151 Å². The summed E-state index contributed by atoms with van der Waals surface area (Å²) in [5.41, 5.74) is 1.89. The summed E-state index contributed by atoms with van der Waals surface area (Å²) in [6.45, 7) is 1.08. The average molecular weight is 349 g/mol. The summed E-state index contributed by atoms with van der Waals surface area (Å²) >= 11 is 0. The van der Waals surface area contributed by atoms with E-state index in [9.17, 15) is 4.79 Å². The molecule has 2 aromatic carbocycles. The summed E-state index contributed by atoms with van der Waals surface area (Å²) in [5, 5.41) is 4.06. The first-order valence-electron chi connectivity index (χ1n) is 8.53. The summed E-state index contributed by atoms with van der Waals surface area (Å²) in [4.78, 5) is 18.7. The number of rotatable bonds is 5. The zero-order chi connectivity index (χ0) is 17.9. The molecule has 1 amide bonds. The lowest BCUT2D eigenvalue weighted by Crippen LogP contribution is -2.24. The van der Waals surface area contributed by atoms with Crippen LogP contribution in [0.25, 0.3) is 11.4 Å². The van der Waals surface area contributed by atoms with E-state index in [-0.39, 0.29) is 11.8 Å². The Bertz CT molecular complexity index is 907. The van der Waals surface area contributed by atoms with E-state index >= 15 is 0 Å². The Morgan fingerprint density at radius 1 is 1.15 bits per heavy atom. The lowest BCUT2D eigenvalue weighted by atomic mass is 10.1. The monoisotopic (exact) mass is 349 g/mol. The van der Waals surface area contributed by atoms with Gasteiger partial charge in [0.2, 0.25) is 17.6 Å². The number of ether oxygens (including phenoxy) is 1. The zero-order valence-electron chi connectivity index (χ0n) is 14.5. The lowest BCUT2D eigenvalue weighted by molar-refractivity contribution is -0.128. The van der Waals surface area contributed by atoms with Crippen molar-refractivity contribution in [2.75, 3.05) is 13.7 Å². The SMILES string of the molecule is COc1ccccc1CN1CC(c2nc(-c3ccccc3)no2)CC1=O. The van der Waals surface area contributed by atoms with Gasteiger partial charge in [0.25, 0.3) is 0 Å². The molecule has 0 radical (unpaired) electrons. The van der Waals surface area contributed by atoms with Crippen molar-refractivity contribution in [3.8, 4) is 17.1 Å². The normalized spacial score (nSPS) is 16.9. The highest BCUT2D eigenvalue weighted by atomic mass is 16.5. The highest BCUT2D eigenvalue weighted by Gasteiger charge is 2.34. The van der Waals surface area contributed by atoms with Crippen LogP contribution in [0, 0.1) is 0 Å². The number of nitrogens with zero attached hydrogens (tertiary/aromatic N) is 3. The molecule has 6 nitrogen and oxygen atoms in total. The van der Waals surface area contributed by atoms with Gasteiger partial charge in [0.1, 0.15) is 5.75 Å². The summed E-state index contributed by atoms with van der Waals surface area (Å²) in [6.07, 6.45) is 0.381. The van der Waals surface area contributed by atoms with Gasteiger partial charge in [0, 0.05) is 30.6 Å². The molecule has 1 atom stereocenters. The number of amides is 1. The molecule has 132 valence electrons. The van der Waals surface area contributed by atoms with Crippen molar-refractivity contribution in [2.24, 2.45) is 0 Å². The maximum atomic E-state index is 12.4. The number of aromatic nitrogens is 2. The minimum atomic E-state index is -0.0813. The maximum absolute atomic E-state index is 12.4. The topological polar surface area (TPSA) is 68.5 Å². The van der Waals surface area contributed by atoms with Gasteiger partial charge in [-0.05, 0) is 6.07 Å². The van der Waals surface area contributed by atoms with E-state index in [4.69, 9.17) is 9.26 Å². The van der Waals surface area contributed by atoms with E-state index in [1.807, 2.05) is 59.5 Å². The van der Waals surface area contributed by atoms with Crippen LogP contribution in [0.1, 0.15) is 23.8 Å². The molecule has 26 heavy (non-hydrogen) atoms. The Morgan fingerprint density at radius 2 is 1.92 bits per heavy atom. The Morgan fingerprint density at radius 3 is 2.73 bits per heavy atom. The van der Waals surface area contributed by atoms with Gasteiger partial charge in [-0.2, -0.15) is 4.98 Å². The number of likely N-dealkylation sites (tertiary alicyclic amines) is 1. The molecule has 0 N–H and O–H groups in total. The summed E-state index contributed by atoms with van der Waals surface area (Å²) in [6, 6.07) is 17.4. The van der Waals surface area contributed by atoms with Gasteiger partial charge in [-0.1, -0.05) is 53.7 Å². The van der Waals surface area contributed by atoms with Crippen molar-refractivity contribution in [3.05, 3.63) is 66.1 Å². The summed E-state index contributed by atoms with van der Waals surface area (Å²) in [5.74, 6) is 1.85. The van der Waals surface area contributed by atoms with Crippen LogP contribution in [0.5, 0.6) is 5.75 Å². The Hall–Kier alpha value is -3.15. The summed E-state index contributed by atoms with van der Waals surface area (Å²) < 4.78 is 10.8. The molecule has 1 aliphatic rings. The van der Waals surface area contributed by atoms with Crippen LogP contribution >= 0.6 is 0 Å². The molecule has 3 aromatic rings. The third-order valence-corrected chi connectivity index (χ3v) is 4.59. The summed E-state index contributed by atoms with van der Waals surface area (Å²) in [7, 11) is 1.64. The molecule has 4 rings (SSSR count). The predicted molar refractivity (Wildman–Crippen MR) is 95.5 cm³/mol. The number of methoxy groups -OCH3 is 1. The average Bonchev–Trinajstić information content (AvgIpc) is 3.30. The molecule has 1 saturated heterocycles. The minimum Gasteiger partial charge on any atom is -0.496 e. The first-order valence-corrected chi connectivity index (χ1v) is 8.53. The minimum absolute atomic E-state index is 0.0813. The lowest BCUT2D eigenvalue weighted by Gasteiger charge is -2.17. The van der Waals surface area contributed by atoms with Crippen LogP contribution in [-0.2, 0) is 11.3 Å². The molecular weight excluding hydrogens is 330 g/mol. The van der Waals surface area contributed by atoms with Gasteiger partial charge in [-0.3, -0.25) is 4.79 Å². The number of hydrogen-bond acceptors (Lipinski definition) is 5. The van der Waals surface area contributed by atoms with E-state index in [0.29, 0.717) is 31.2 Å². The fraction of sp³-hybridized carbons (Fsp3) is 0.250. The molecule has 1 aliphatic heterocycles. The van der Waals surface area contributed by atoms with Crippen LogP contribution in [-0.4, -0.2) is 34.6 Å². The highest BCUT2D eigenvalue weighted by molar-refractivity contribution is 5.79. The standard InChI is InChI=1S/C20H19N3O3/c1-25-17-10-6-5-9-15(17)12-23-13-16(11-18(23)24)20-21-19(22-26-20)14-7-3-2-4-8-14/h2-10,16H,11-13H2,1H3. The third-order valence-electron chi connectivity index (χ3n) is 4.59.